The van der Waals surface area contributed by atoms with Crippen LogP contribution in [-0.4, -0.2) is 26.9 Å². The summed E-state index contributed by atoms with van der Waals surface area (Å²) in [7, 11) is 3.50. The van der Waals surface area contributed by atoms with Crippen LogP contribution in [0, 0.1) is 6.92 Å². The summed E-state index contributed by atoms with van der Waals surface area (Å²) in [6.45, 7) is 3.44. The number of hydrogen-bond acceptors (Lipinski definition) is 4. The summed E-state index contributed by atoms with van der Waals surface area (Å²) in [5.74, 6) is 0.762. The number of imidazole rings is 1. The lowest BCUT2D eigenvalue weighted by atomic mass is 10.3. The molecular weight excluding hydrogens is 218 g/mol. The van der Waals surface area contributed by atoms with Gasteiger partial charge in [-0.05, 0) is 6.92 Å². The van der Waals surface area contributed by atoms with Crippen molar-refractivity contribution in [3.8, 4) is 5.88 Å². The van der Waals surface area contributed by atoms with E-state index in [-0.39, 0.29) is 0 Å². The summed E-state index contributed by atoms with van der Waals surface area (Å²) < 4.78 is 6.87. The van der Waals surface area contributed by atoms with E-state index in [0.29, 0.717) is 6.54 Å². The first kappa shape index (κ1) is 11.7. The summed E-state index contributed by atoms with van der Waals surface area (Å²) in [6.07, 6.45) is 1.70. The van der Waals surface area contributed by atoms with Gasteiger partial charge in [0.1, 0.15) is 0 Å². The van der Waals surface area contributed by atoms with Crippen molar-refractivity contribution in [2.45, 2.75) is 20.0 Å². The largest absolute Gasteiger partial charge is 0.481 e. The van der Waals surface area contributed by atoms with E-state index in [9.17, 15) is 0 Å². The molecule has 2 aromatic rings. The van der Waals surface area contributed by atoms with Gasteiger partial charge in [-0.15, -0.1) is 0 Å². The highest BCUT2D eigenvalue weighted by Crippen LogP contribution is 2.10. The number of hydrogen-bond donors (Lipinski definition) is 2. The number of nitrogens with zero attached hydrogens (tertiary/aromatic N) is 3. The van der Waals surface area contributed by atoms with Crippen LogP contribution in [0.2, 0.25) is 0 Å². The standard InChI is InChI=1S/C11H17N5O/c1-8-10(14-7-13-8)6-12-5-9-4-11(17-3)16(2)15-9/h4,7,12H,5-6H2,1-3H3,(H,13,14). The van der Waals surface area contributed by atoms with Crippen molar-refractivity contribution >= 4 is 0 Å². The molecule has 0 saturated heterocycles. The highest BCUT2D eigenvalue weighted by atomic mass is 16.5. The summed E-state index contributed by atoms with van der Waals surface area (Å²) in [6, 6.07) is 1.92. The molecule has 6 heteroatoms. The number of H-pyrrole nitrogens is 1. The summed E-state index contributed by atoms with van der Waals surface area (Å²) in [4.78, 5) is 7.27. The summed E-state index contributed by atoms with van der Waals surface area (Å²) in [5, 5.41) is 7.62. The van der Waals surface area contributed by atoms with Crippen molar-refractivity contribution in [2.75, 3.05) is 7.11 Å². The van der Waals surface area contributed by atoms with Crippen LogP contribution in [0.4, 0.5) is 0 Å². The number of nitrogens with one attached hydrogen (secondary N) is 2. The molecule has 0 unspecified atom stereocenters. The molecule has 0 aliphatic heterocycles. The molecule has 0 aromatic carbocycles. The Morgan fingerprint density at radius 2 is 2.29 bits per heavy atom. The minimum atomic E-state index is 0.698. The van der Waals surface area contributed by atoms with Gasteiger partial charge in [-0.1, -0.05) is 0 Å². The van der Waals surface area contributed by atoms with Gasteiger partial charge in [-0.25, -0.2) is 9.67 Å². The lowest BCUT2D eigenvalue weighted by Gasteiger charge is -2.00. The van der Waals surface area contributed by atoms with Crippen LogP contribution in [-0.2, 0) is 20.1 Å². The molecule has 2 heterocycles. The molecule has 0 radical (unpaired) electrons. The smallest absolute Gasteiger partial charge is 0.211 e. The Morgan fingerprint density at radius 1 is 1.47 bits per heavy atom. The second-order valence-corrected chi connectivity index (χ2v) is 3.88. The minimum Gasteiger partial charge on any atom is -0.481 e. The minimum absolute atomic E-state index is 0.698. The van der Waals surface area contributed by atoms with Crippen LogP contribution >= 0.6 is 0 Å². The lowest BCUT2D eigenvalue weighted by Crippen LogP contribution is -2.14. The predicted octanol–water partition coefficient (Wildman–Crippen LogP) is 0.750. The SMILES string of the molecule is COc1cc(CNCc2nc[nH]c2C)nn1C. The van der Waals surface area contributed by atoms with Gasteiger partial charge in [-0.2, -0.15) is 5.10 Å². The molecule has 2 N–H and O–H groups in total. The molecule has 0 spiro atoms. The molecule has 0 amide bonds. The zero-order valence-corrected chi connectivity index (χ0v) is 10.3. The number of rotatable bonds is 5. The van der Waals surface area contributed by atoms with Crippen molar-refractivity contribution in [1.29, 1.82) is 0 Å². The van der Waals surface area contributed by atoms with Gasteiger partial charge in [-0.3, -0.25) is 0 Å². The monoisotopic (exact) mass is 235 g/mol. The molecule has 0 aliphatic rings. The molecule has 0 saturated carbocycles. The first-order chi connectivity index (χ1) is 8.20. The fourth-order valence-corrected chi connectivity index (χ4v) is 1.66. The van der Waals surface area contributed by atoms with Crippen molar-refractivity contribution in [3.63, 3.8) is 0 Å². The van der Waals surface area contributed by atoms with Gasteiger partial charge in [0.25, 0.3) is 0 Å². The highest BCUT2D eigenvalue weighted by Gasteiger charge is 2.05. The second-order valence-electron chi connectivity index (χ2n) is 3.88. The maximum atomic E-state index is 5.15. The van der Waals surface area contributed by atoms with E-state index >= 15 is 0 Å². The highest BCUT2D eigenvalue weighted by molar-refractivity contribution is 5.16. The van der Waals surface area contributed by atoms with Crippen LogP contribution in [0.1, 0.15) is 17.1 Å². The van der Waals surface area contributed by atoms with Crippen molar-refractivity contribution < 1.29 is 4.74 Å². The van der Waals surface area contributed by atoms with Crippen LogP contribution < -0.4 is 10.1 Å². The van der Waals surface area contributed by atoms with E-state index in [1.54, 1.807) is 18.1 Å². The molecule has 0 bridgehead atoms. The number of aryl methyl sites for hydroxylation is 2. The molecule has 0 fully saturated rings. The van der Waals surface area contributed by atoms with E-state index in [2.05, 4.69) is 20.4 Å². The number of aromatic nitrogens is 4. The van der Waals surface area contributed by atoms with Crippen LogP contribution in [0.5, 0.6) is 5.88 Å². The van der Waals surface area contributed by atoms with Crippen molar-refractivity contribution in [3.05, 3.63) is 29.5 Å². The first-order valence-electron chi connectivity index (χ1n) is 5.47. The topological polar surface area (TPSA) is 67.8 Å². The maximum Gasteiger partial charge on any atom is 0.211 e. The Hall–Kier alpha value is -1.82. The van der Waals surface area contributed by atoms with Gasteiger partial charge in [0.2, 0.25) is 5.88 Å². The molecule has 0 aliphatic carbocycles. The lowest BCUT2D eigenvalue weighted by molar-refractivity contribution is 0.373. The van der Waals surface area contributed by atoms with Gasteiger partial charge >= 0.3 is 0 Å². The Balaban J connectivity index is 1.88. The Kier molecular flexibility index (Phi) is 3.43. The maximum absolute atomic E-state index is 5.15. The summed E-state index contributed by atoms with van der Waals surface area (Å²) in [5.41, 5.74) is 3.08. The van der Waals surface area contributed by atoms with Gasteiger partial charge in [0.15, 0.2) is 0 Å². The van der Waals surface area contributed by atoms with Crippen LogP contribution in [0.3, 0.4) is 0 Å². The number of methoxy groups -OCH3 is 1. The van der Waals surface area contributed by atoms with Crippen LogP contribution in [0.25, 0.3) is 0 Å². The quantitative estimate of drug-likeness (QED) is 0.802. The second kappa shape index (κ2) is 5.01. The average molecular weight is 235 g/mol. The predicted molar refractivity (Wildman–Crippen MR) is 63.6 cm³/mol. The van der Waals surface area contributed by atoms with Gasteiger partial charge < -0.3 is 15.0 Å². The molecule has 17 heavy (non-hydrogen) atoms. The zero-order chi connectivity index (χ0) is 12.3. The molecule has 2 rings (SSSR count). The number of aromatic amines is 1. The van der Waals surface area contributed by atoms with Crippen molar-refractivity contribution in [2.24, 2.45) is 7.05 Å². The van der Waals surface area contributed by atoms with Gasteiger partial charge in [0, 0.05) is 31.9 Å². The normalized spacial score (nSPS) is 10.8. The molecule has 6 nitrogen and oxygen atoms in total. The van der Waals surface area contributed by atoms with Gasteiger partial charge in [0.05, 0.1) is 24.8 Å². The van der Waals surface area contributed by atoms with Crippen molar-refractivity contribution in [1.82, 2.24) is 25.1 Å². The Morgan fingerprint density at radius 3 is 2.88 bits per heavy atom. The Labute approximate surface area is 100 Å². The fourth-order valence-electron chi connectivity index (χ4n) is 1.66. The molecule has 2 aromatic heterocycles. The third-order valence-electron chi connectivity index (χ3n) is 2.63. The van der Waals surface area contributed by atoms with E-state index in [0.717, 1.165) is 29.5 Å². The first-order valence-corrected chi connectivity index (χ1v) is 5.47. The molecule has 92 valence electrons. The third-order valence-corrected chi connectivity index (χ3v) is 2.63. The summed E-state index contributed by atoms with van der Waals surface area (Å²) >= 11 is 0. The zero-order valence-electron chi connectivity index (χ0n) is 10.3. The average Bonchev–Trinajstić information content (AvgIpc) is 2.86. The van der Waals surface area contributed by atoms with E-state index in [1.165, 1.54) is 0 Å². The molecule has 0 atom stereocenters. The van der Waals surface area contributed by atoms with E-state index in [4.69, 9.17) is 4.74 Å². The van der Waals surface area contributed by atoms with E-state index in [1.807, 2.05) is 20.0 Å². The third kappa shape index (κ3) is 2.65. The fraction of sp³-hybridized carbons (Fsp3) is 0.455. The Bertz CT molecular complexity index is 488. The molecular formula is C11H17N5O. The van der Waals surface area contributed by atoms with E-state index < -0.39 is 0 Å². The number of ether oxygens (including phenoxy) is 1. The van der Waals surface area contributed by atoms with Crippen LogP contribution in [0.15, 0.2) is 12.4 Å².